The molecule has 8 heteroatoms. The highest BCUT2D eigenvalue weighted by atomic mass is 16.5. The molecule has 8 nitrogen and oxygen atoms in total. The number of ether oxygens (including phenoxy) is 1. The first-order valence-electron chi connectivity index (χ1n) is 9.88. The van der Waals surface area contributed by atoms with Gasteiger partial charge in [0, 0.05) is 12.2 Å². The van der Waals surface area contributed by atoms with E-state index in [-0.39, 0.29) is 46.9 Å². The van der Waals surface area contributed by atoms with Gasteiger partial charge in [0.15, 0.2) is 0 Å². The molecule has 1 aromatic heterocycles. The van der Waals surface area contributed by atoms with Gasteiger partial charge < -0.3 is 15.8 Å². The fraction of sp³-hybridized carbons (Fsp3) is 0.600. The number of nitrogens with one attached hydrogen (secondary N) is 1. The molecule has 2 atom stereocenters. The highest BCUT2D eigenvalue weighted by Gasteiger charge is 2.58. The van der Waals surface area contributed by atoms with Gasteiger partial charge in [0.25, 0.3) is 11.8 Å². The number of nitrogens with two attached hydrogens (primary N) is 1. The van der Waals surface area contributed by atoms with E-state index in [9.17, 15) is 14.4 Å². The van der Waals surface area contributed by atoms with Gasteiger partial charge in [0.2, 0.25) is 5.88 Å². The number of amides is 4. The van der Waals surface area contributed by atoms with Crippen LogP contribution in [0.3, 0.4) is 0 Å². The van der Waals surface area contributed by atoms with E-state index in [1.165, 1.54) is 4.90 Å². The molecule has 150 valence electrons. The number of aromatic nitrogens is 1. The van der Waals surface area contributed by atoms with Crippen LogP contribution in [-0.4, -0.2) is 45.9 Å². The van der Waals surface area contributed by atoms with Crippen LogP contribution >= 0.6 is 0 Å². The molecule has 2 aliphatic carbocycles. The molecule has 0 aromatic carbocycles. The van der Waals surface area contributed by atoms with E-state index in [1.807, 2.05) is 13.8 Å². The number of imide groups is 1. The third-order valence-electron chi connectivity index (χ3n) is 6.55. The Morgan fingerprint density at radius 1 is 1.39 bits per heavy atom. The summed E-state index contributed by atoms with van der Waals surface area (Å²) in [7, 11) is 0. The van der Waals surface area contributed by atoms with Gasteiger partial charge in [-0.05, 0) is 49.1 Å². The number of urea groups is 1. The highest BCUT2D eigenvalue weighted by Crippen LogP contribution is 2.58. The second-order valence-corrected chi connectivity index (χ2v) is 8.45. The normalized spacial score (nSPS) is 32.5. The van der Waals surface area contributed by atoms with Crippen LogP contribution in [0, 0.1) is 11.3 Å². The largest absolute Gasteiger partial charge is 0.474 e. The number of rotatable bonds is 6. The van der Waals surface area contributed by atoms with E-state index in [0.29, 0.717) is 0 Å². The molecule has 0 unspecified atom stereocenters. The summed E-state index contributed by atoms with van der Waals surface area (Å²) in [5.41, 5.74) is 5.76. The topological polar surface area (TPSA) is 115 Å². The van der Waals surface area contributed by atoms with Gasteiger partial charge in [-0.25, -0.2) is 9.78 Å². The summed E-state index contributed by atoms with van der Waals surface area (Å²) in [5.74, 6) is -0.243. The summed E-state index contributed by atoms with van der Waals surface area (Å²) in [6.07, 6.45) is 5.67. The Morgan fingerprint density at radius 2 is 2.11 bits per heavy atom. The lowest BCUT2D eigenvalue weighted by molar-refractivity contribution is -0.141. The maximum atomic E-state index is 12.6. The molecule has 4 amide bonds. The SMILES string of the molecule is CC[C@H](C)[C@@H]1NC(=O)N([C@H]2CC3(C[C@H](Oc4ncccc4C(N)=O)C3)C2)C1=O. The van der Waals surface area contributed by atoms with E-state index in [1.54, 1.807) is 18.3 Å². The van der Waals surface area contributed by atoms with Gasteiger partial charge in [0.1, 0.15) is 17.7 Å². The van der Waals surface area contributed by atoms with Gasteiger partial charge in [-0.15, -0.1) is 0 Å². The van der Waals surface area contributed by atoms with E-state index in [2.05, 4.69) is 10.3 Å². The van der Waals surface area contributed by atoms with Crippen molar-refractivity contribution >= 4 is 17.8 Å². The third-order valence-corrected chi connectivity index (χ3v) is 6.55. The lowest BCUT2D eigenvalue weighted by atomic mass is 9.52. The molecule has 3 aliphatic rings. The van der Waals surface area contributed by atoms with E-state index < -0.39 is 11.9 Å². The Hall–Kier alpha value is -2.64. The van der Waals surface area contributed by atoms with E-state index in [4.69, 9.17) is 10.5 Å². The fourth-order valence-corrected chi connectivity index (χ4v) is 4.76. The predicted octanol–water partition coefficient (Wildman–Crippen LogP) is 1.84. The summed E-state index contributed by atoms with van der Waals surface area (Å²) in [4.78, 5) is 42.0. The van der Waals surface area contributed by atoms with Crippen molar-refractivity contribution in [3.05, 3.63) is 23.9 Å². The standard InChI is InChI=1S/C20H26N4O4/c1-3-11(2)15-18(26)24(19(27)23-15)12-7-20(8-12)9-13(10-20)28-17-14(16(21)25)5-4-6-22-17/h4-6,11-13,15H,3,7-10H2,1-2H3,(H2,21,25)(H,23,27)/t11-,12-,13-,15-,20?/m0/s1. The minimum Gasteiger partial charge on any atom is -0.474 e. The molecule has 1 aromatic rings. The molecule has 2 saturated carbocycles. The average molecular weight is 386 g/mol. The van der Waals surface area contributed by atoms with Crippen molar-refractivity contribution in [3.63, 3.8) is 0 Å². The van der Waals surface area contributed by atoms with Crippen LogP contribution in [0.15, 0.2) is 18.3 Å². The summed E-state index contributed by atoms with van der Waals surface area (Å²) in [6.45, 7) is 4.01. The maximum Gasteiger partial charge on any atom is 0.325 e. The van der Waals surface area contributed by atoms with Gasteiger partial charge >= 0.3 is 6.03 Å². The molecule has 0 bridgehead atoms. The summed E-state index contributed by atoms with van der Waals surface area (Å²) in [5, 5.41) is 2.84. The Kier molecular flexibility index (Phi) is 4.51. The molecule has 4 rings (SSSR count). The van der Waals surface area contributed by atoms with Crippen molar-refractivity contribution in [2.75, 3.05) is 0 Å². The predicted molar refractivity (Wildman–Crippen MR) is 100 cm³/mol. The molecule has 28 heavy (non-hydrogen) atoms. The molecule has 1 spiro atoms. The molecule has 3 fully saturated rings. The van der Waals surface area contributed by atoms with Gasteiger partial charge in [-0.1, -0.05) is 20.3 Å². The second kappa shape index (κ2) is 6.76. The number of hydrogen-bond acceptors (Lipinski definition) is 5. The lowest BCUT2D eigenvalue weighted by Gasteiger charge is -2.58. The number of carbonyl (C=O) groups is 3. The molecule has 3 N–H and O–H groups in total. The zero-order chi connectivity index (χ0) is 20.1. The summed E-state index contributed by atoms with van der Waals surface area (Å²) in [6, 6.07) is 2.56. The van der Waals surface area contributed by atoms with Crippen LogP contribution in [0.25, 0.3) is 0 Å². The molecular formula is C20H26N4O4. The van der Waals surface area contributed by atoms with Crippen LogP contribution in [0.5, 0.6) is 5.88 Å². The van der Waals surface area contributed by atoms with E-state index in [0.717, 1.165) is 32.1 Å². The maximum absolute atomic E-state index is 12.6. The second-order valence-electron chi connectivity index (χ2n) is 8.45. The van der Waals surface area contributed by atoms with Crippen LogP contribution in [-0.2, 0) is 4.79 Å². The van der Waals surface area contributed by atoms with Crippen molar-refractivity contribution in [3.8, 4) is 5.88 Å². The molecular weight excluding hydrogens is 360 g/mol. The molecule has 0 radical (unpaired) electrons. The zero-order valence-electron chi connectivity index (χ0n) is 16.2. The zero-order valence-corrected chi connectivity index (χ0v) is 16.2. The molecule has 2 heterocycles. The first-order valence-corrected chi connectivity index (χ1v) is 9.88. The first kappa shape index (κ1) is 18.7. The van der Waals surface area contributed by atoms with E-state index >= 15 is 0 Å². The number of pyridine rings is 1. The Balaban J connectivity index is 1.32. The van der Waals surface area contributed by atoms with Gasteiger partial charge in [-0.2, -0.15) is 0 Å². The van der Waals surface area contributed by atoms with Crippen molar-refractivity contribution < 1.29 is 19.1 Å². The Bertz CT molecular complexity index is 812. The van der Waals surface area contributed by atoms with Crippen LogP contribution < -0.4 is 15.8 Å². The number of primary amides is 1. The average Bonchev–Trinajstić information content (AvgIpc) is 2.90. The number of carbonyl (C=O) groups excluding carboxylic acids is 3. The van der Waals surface area contributed by atoms with Crippen molar-refractivity contribution in [2.45, 2.75) is 64.1 Å². The Labute approximate surface area is 163 Å². The van der Waals surface area contributed by atoms with Crippen molar-refractivity contribution in [1.82, 2.24) is 15.2 Å². The fourth-order valence-electron chi connectivity index (χ4n) is 4.76. The number of hydrogen-bond donors (Lipinski definition) is 2. The number of nitrogens with zero attached hydrogens (tertiary/aromatic N) is 2. The minimum absolute atomic E-state index is 0.0232. The van der Waals surface area contributed by atoms with Gasteiger partial charge in [-0.3, -0.25) is 14.5 Å². The highest BCUT2D eigenvalue weighted by molar-refractivity contribution is 6.04. The van der Waals surface area contributed by atoms with Gasteiger partial charge in [0.05, 0.1) is 0 Å². The van der Waals surface area contributed by atoms with Crippen molar-refractivity contribution in [2.24, 2.45) is 17.1 Å². The minimum atomic E-state index is -0.560. The summed E-state index contributed by atoms with van der Waals surface area (Å²) >= 11 is 0. The molecule has 1 saturated heterocycles. The Morgan fingerprint density at radius 3 is 2.75 bits per heavy atom. The van der Waals surface area contributed by atoms with Crippen LogP contribution in [0.2, 0.25) is 0 Å². The summed E-state index contributed by atoms with van der Waals surface area (Å²) < 4.78 is 5.87. The smallest absolute Gasteiger partial charge is 0.325 e. The first-order chi connectivity index (χ1) is 13.3. The molecule has 1 aliphatic heterocycles. The third kappa shape index (κ3) is 3.00. The van der Waals surface area contributed by atoms with Crippen molar-refractivity contribution in [1.29, 1.82) is 0 Å². The van der Waals surface area contributed by atoms with Crippen LogP contribution in [0.1, 0.15) is 56.3 Å². The quantitative estimate of drug-likeness (QED) is 0.724. The van der Waals surface area contributed by atoms with Crippen LogP contribution in [0.4, 0.5) is 4.79 Å². The lowest BCUT2D eigenvalue weighted by Crippen LogP contribution is -2.60. The monoisotopic (exact) mass is 386 g/mol.